The third-order valence-corrected chi connectivity index (χ3v) is 6.58. The highest BCUT2D eigenvalue weighted by atomic mass is 32.2. The minimum absolute atomic E-state index is 0.133. The van der Waals surface area contributed by atoms with E-state index in [1.54, 1.807) is 12.1 Å². The van der Waals surface area contributed by atoms with Crippen molar-refractivity contribution in [3.05, 3.63) is 56.4 Å². The summed E-state index contributed by atoms with van der Waals surface area (Å²) in [6.45, 7) is 0.550. The number of aromatic amines is 1. The molecule has 29 heavy (non-hydrogen) atoms. The van der Waals surface area contributed by atoms with E-state index in [9.17, 15) is 18.0 Å². The molecule has 9 nitrogen and oxygen atoms in total. The van der Waals surface area contributed by atoms with Crippen molar-refractivity contribution in [2.45, 2.75) is 30.6 Å². The smallest absolute Gasteiger partial charge is 0.372 e. The van der Waals surface area contributed by atoms with E-state index in [0.717, 1.165) is 36.8 Å². The van der Waals surface area contributed by atoms with Gasteiger partial charge in [0.25, 0.3) is 5.56 Å². The summed E-state index contributed by atoms with van der Waals surface area (Å²) in [4.78, 5) is 30.6. The highest BCUT2D eigenvalue weighted by molar-refractivity contribution is 7.89. The normalized spacial score (nSPS) is 13.0. The van der Waals surface area contributed by atoms with E-state index in [1.807, 2.05) is 0 Å². The number of primary sulfonamides is 1. The molecule has 154 valence electrons. The summed E-state index contributed by atoms with van der Waals surface area (Å²) in [6, 6.07) is 6.40. The number of rotatable bonds is 4. The summed E-state index contributed by atoms with van der Waals surface area (Å²) in [5, 5.41) is 14.3. The van der Waals surface area contributed by atoms with Gasteiger partial charge in [0, 0.05) is 4.88 Å². The zero-order valence-electron chi connectivity index (χ0n) is 15.3. The fourth-order valence-electron chi connectivity index (χ4n) is 3.12. The molecule has 3 aromatic rings. The molecule has 0 saturated carbocycles. The molecule has 0 bridgehead atoms. The van der Waals surface area contributed by atoms with Crippen LogP contribution in [0.5, 0.6) is 0 Å². The molecular weight excluding hydrogens is 416 g/mol. The summed E-state index contributed by atoms with van der Waals surface area (Å²) in [7, 11) is -3.57. The van der Waals surface area contributed by atoms with Gasteiger partial charge in [-0.3, -0.25) is 4.79 Å². The van der Waals surface area contributed by atoms with Gasteiger partial charge in [0.2, 0.25) is 15.8 Å². The second-order valence-corrected chi connectivity index (χ2v) is 9.13. The van der Waals surface area contributed by atoms with E-state index in [1.165, 1.54) is 28.3 Å². The first-order valence-electron chi connectivity index (χ1n) is 8.80. The number of carboxylic acids is 1. The minimum atomic E-state index is -3.57. The van der Waals surface area contributed by atoms with Gasteiger partial charge in [-0.1, -0.05) is 12.1 Å². The van der Waals surface area contributed by atoms with Crippen molar-refractivity contribution >= 4 is 37.5 Å². The second kappa shape index (κ2) is 8.41. The number of aromatic carboxylic acids is 1. The molecule has 0 spiro atoms. The standard InChI is InChI=1S/C10H8N2O3S.C8H12N2O2S/c13-8-6-4-2-1-3-5(4)16-9(6)12-7(11-8)10(14)15;9-6-5-7-1-3-8(4-2-7)13(10,11)12/h1-3H2,(H,14,15)(H,11,12,13);1-4H,5-6,9H2,(H2,10,11,12). The first-order valence-corrected chi connectivity index (χ1v) is 11.2. The predicted octanol–water partition coefficient (Wildman–Crippen LogP) is 1.01. The average molecular weight is 437 g/mol. The molecule has 0 unspecified atom stereocenters. The highest BCUT2D eigenvalue weighted by Gasteiger charge is 2.22. The Hall–Kier alpha value is -2.60. The fourth-order valence-corrected chi connectivity index (χ4v) is 4.89. The number of sulfonamides is 1. The number of H-pyrrole nitrogens is 1. The number of hydrogen-bond donors (Lipinski definition) is 4. The molecule has 6 N–H and O–H groups in total. The van der Waals surface area contributed by atoms with Crippen molar-refractivity contribution in [3.8, 4) is 0 Å². The number of carboxylic acid groups (broad SMARTS) is 1. The topological polar surface area (TPSA) is 169 Å². The van der Waals surface area contributed by atoms with Crippen molar-refractivity contribution in [1.29, 1.82) is 0 Å². The molecule has 2 aromatic heterocycles. The number of hydrogen-bond acceptors (Lipinski definition) is 7. The molecule has 1 aromatic carbocycles. The molecule has 1 aliphatic carbocycles. The SMILES string of the molecule is NCCc1ccc(S(N)(=O)=O)cc1.O=C(O)c1nc2sc3c(c2c(=O)[nH]1)CCC3. The number of nitrogens with zero attached hydrogens (tertiary/aromatic N) is 1. The molecule has 0 saturated heterocycles. The molecule has 0 atom stereocenters. The van der Waals surface area contributed by atoms with Gasteiger partial charge >= 0.3 is 5.97 Å². The van der Waals surface area contributed by atoms with Crippen LogP contribution >= 0.6 is 11.3 Å². The first kappa shape index (κ1) is 21.1. The van der Waals surface area contributed by atoms with Crippen molar-refractivity contribution in [1.82, 2.24) is 9.97 Å². The van der Waals surface area contributed by atoms with E-state index < -0.39 is 16.0 Å². The number of aromatic nitrogens is 2. The maximum Gasteiger partial charge on any atom is 0.372 e. The number of aryl methyl sites for hydroxylation is 2. The lowest BCUT2D eigenvalue weighted by Gasteiger charge is -2.00. The molecule has 0 fully saturated rings. The number of thiophene rings is 1. The van der Waals surface area contributed by atoms with E-state index in [4.69, 9.17) is 16.0 Å². The number of nitrogens with one attached hydrogen (secondary N) is 1. The fraction of sp³-hybridized carbons (Fsp3) is 0.278. The van der Waals surface area contributed by atoms with Gasteiger partial charge < -0.3 is 15.8 Å². The Morgan fingerprint density at radius 2 is 1.93 bits per heavy atom. The van der Waals surface area contributed by atoms with Crippen LogP contribution in [-0.4, -0.2) is 36.0 Å². The van der Waals surface area contributed by atoms with Gasteiger partial charge in [-0.2, -0.15) is 0 Å². The van der Waals surface area contributed by atoms with Crippen LogP contribution in [0.1, 0.15) is 33.0 Å². The Bertz CT molecular complexity index is 1210. The predicted molar refractivity (Wildman–Crippen MR) is 110 cm³/mol. The maximum atomic E-state index is 11.8. The lowest BCUT2D eigenvalue weighted by atomic mass is 10.2. The van der Waals surface area contributed by atoms with Crippen LogP contribution in [0.25, 0.3) is 10.2 Å². The van der Waals surface area contributed by atoms with Crippen molar-refractivity contribution < 1.29 is 18.3 Å². The van der Waals surface area contributed by atoms with Crippen LogP contribution in [0.2, 0.25) is 0 Å². The van der Waals surface area contributed by atoms with Gasteiger partial charge in [0.05, 0.1) is 10.3 Å². The molecule has 11 heteroatoms. The van der Waals surface area contributed by atoms with Gasteiger partial charge in [0.15, 0.2) is 0 Å². The summed E-state index contributed by atoms with van der Waals surface area (Å²) < 4.78 is 21.7. The summed E-state index contributed by atoms with van der Waals surface area (Å²) >= 11 is 1.44. The van der Waals surface area contributed by atoms with Crippen LogP contribution in [0.4, 0.5) is 0 Å². The Kier molecular flexibility index (Phi) is 6.13. The molecule has 0 radical (unpaired) electrons. The zero-order chi connectivity index (χ0) is 21.2. The average Bonchev–Trinajstić information content (AvgIpc) is 3.23. The largest absolute Gasteiger partial charge is 0.475 e. The van der Waals surface area contributed by atoms with E-state index in [0.29, 0.717) is 16.8 Å². The quantitative estimate of drug-likeness (QED) is 0.473. The van der Waals surface area contributed by atoms with Crippen molar-refractivity contribution in [3.63, 3.8) is 0 Å². The maximum absolute atomic E-state index is 11.8. The number of benzene rings is 1. The van der Waals surface area contributed by atoms with E-state index >= 15 is 0 Å². The zero-order valence-corrected chi connectivity index (χ0v) is 17.0. The third-order valence-electron chi connectivity index (χ3n) is 4.46. The van der Waals surface area contributed by atoms with E-state index in [2.05, 4.69) is 9.97 Å². The monoisotopic (exact) mass is 436 g/mol. The highest BCUT2D eigenvalue weighted by Crippen LogP contribution is 2.34. The van der Waals surface area contributed by atoms with Crippen molar-refractivity contribution in [2.75, 3.05) is 6.54 Å². The van der Waals surface area contributed by atoms with Gasteiger partial charge in [-0.05, 0) is 55.5 Å². The van der Waals surface area contributed by atoms with Crippen LogP contribution in [0.15, 0.2) is 34.0 Å². The second-order valence-electron chi connectivity index (χ2n) is 6.48. The molecular formula is C18H20N4O5S2. The van der Waals surface area contributed by atoms with Crippen LogP contribution < -0.4 is 16.4 Å². The lowest BCUT2D eigenvalue weighted by Crippen LogP contribution is -2.15. The summed E-state index contributed by atoms with van der Waals surface area (Å²) in [6.07, 6.45) is 3.67. The van der Waals surface area contributed by atoms with Gasteiger partial charge in [0.1, 0.15) is 4.83 Å². The first-order chi connectivity index (χ1) is 13.7. The van der Waals surface area contributed by atoms with Gasteiger partial charge in [-0.15, -0.1) is 11.3 Å². The molecule has 2 heterocycles. The molecule has 0 aliphatic heterocycles. The number of nitrogens with two attached hydrogens (primary N) is 2. The molecule has 0 amide bonds. The van der Waals surface area contributed by atoms with Crippen LogP contribution in [0.3, 0.4) is 0 Å². The summed E-state index contributed by atoms with van der Waals surface area (Å²) in [5.41, 5.74) is 7.08. The number of fused-ring (bicyclic) bond motifs is 3. The Labute approximate surface area is 170 Å². The third kappa shape index (κ3) is 4.70. The van der Waals surface area contributed by atoms with Crippen LogP contribution in [-0.2, 0) is 29.3 Å². The van der Waals surface area contributed by atoms with Crippen LogP contribution in [0, 0.1) is 0 Å². The number of carbonyl (C=O) groups is 1. The Balaban J connectivity index is 0.000000170. The summed E-state index contributed by atoms with van der Waals surface area (Å²) in [5.74, 6) is -1.48. The minimum Gasteiger partial charge on any atom is -0.475 e. The Morgan fingerprint density at radius 1 is 1.24 bits per heavy atom. The lowest BCUT2D eigenvalue weighted by molar-refractivity contribution is 0.0683. The van der Waals surface area contributed by atoms with Gasteiger partial charge in [-0.25, -0.2) is 23.3 Å². The Morgan fingerprint density at radius 3 is 2.52 bits per heavy atom. The molecule has 4 rings (SSSR count). The van der Waals surface area contributed by atoms with Crippen molar-refractivity contribution in [2.24, 2.45) is 10.9 Å². The van der Waals surface area contributed by atoms with E-state index in [-0.39, 0.29) is 16.3 Å². The molecule has 1 aliphatic rings.